The van der Waals surface area contributed by atoms with Crippen molar-refractivity contribution in [3.8, 4) is 0 Å². The summed E-state index contributed by atoms with van der Waals surface area (Å²) in [5.74, 6) is -0.400. The lowest BCUT2D eigenvalue weighted by atomic mass is 10.2. The molecule has 0 saturated carbocycles. The smallest absolute Gasteiger partial charge is 0.339 e. The van der Waals surface area contributed by atoms with Gasteiger partial charge in [0.25, 0.3) is 0 Å². The average molecular weight is 384 g/mol. The molecule has 0 aromatic heterocycles. The van der Waals surface area contributed by atoms with Crippen LogP contribution in [-0.2, 0) is 4.74 Å². The third-order valence-electron chi connectivity index (χ3n) is 3.30. The molecule has 0 saturated heterocycles. The van der Waals surface area contributed by atoms with Crippen molar-refractivity contribution in [2.24, 2.45) is 0 Å². The van der Waals surface area contributed by atoms with Gasteiger partial charge in [0.2, 0.25) is 0 Å². The Morgan fingerprint density at radius 2 is 1.30 bits per heavy atom. The molecule has 0 amide bonds. The summed E-state index contributed by atoms with van der Waals surface area (Å²) in [5, 5.41) is 0. The van der Waals surface area contributed by atoms with Crippen LogP contribution in [-0.4, -0.2) is 19.3 Å². The Morgan fingerprint density at radius 3 is 1.70 bits per heavy atom. The summed E-state index contributed by atoms with van der Waals surface area (Å²) in [4.78, 5) is 12.1. The Bertz CT molecular complexity index is 826. The molecule has 27 heavy (non-hydrogen) atoms. The number of esters is 1. The SMILES string of the molecule is COC(=O)c1ccccc1N.CSc1ccccc1N.Nc1ccccc1. The largest absolute Gasteiger partial charge is 0.465 e. The molecule has 0 bridgehead atoms. The second-order valence-corrected chi connectivity index (χ2v) is 6.08. The Kier molecular flexibility index (Phi) is 9.96. The first-order valence-electron chi connectivity index (χ1n) is 8.11. The van der Waals surface area contributed by atoms with Crippen LogP contribution in [0.3, 0.4) is 0 Å². The van der Waals surface area contributed by atoms with E-state index in [0.717, 1.165) is 16.3 Å². The number of para-hydroxylation sites is 3. The van der Waals surface area contributed by atoms with Crippen molar-refractivity contribution in [1.82, 2.24) is 0 Å². The van der Waals surface area contributed by atoms with E-state index in [1.165, 1.54) is 7.11 Å². The molecule has 0 radical (unpaired) electrons. The third kappa shape index (κ3) is 8.20. The number of nitrogens with two attached hydrogens (primary N) is 3. The fourth-order valence-electron chi connectivity index (χ4n) is 1.91. The van der Waals surface area contributed by atoms with Gasteiger partial charge in [-0.15, -0.1) is 11.8 Å². The van der Waals surface area contributed by atoms with Gasteiger partial charge >= 0.3 is 5.97 Å². The van der Waals surface area contributed by atoms with Crippen molar-refractivity contribution in [2.45, 2.75) is 4.90 Å². The van der Waals surface area contributed by atoms with Gasteiger partial charge in [0.05, 0.1) is 12.7 Å². The van der Waals surface area contributed by atoms with Gasteiger partial charge in [0, 0.05) is 22.0 Å². The maximum Gasteiger partial charge on any atom is 0.339 e. The number of ether oxygens (including phenoxy) is 1. The second-order valence-electron chi connectivity index (χ2n) is 5.23. The normalized spacial score (nSPS) is 9.11. The first kappa shape index (κ1) is 21.9. The van der Waals surface area contributed by atoms with E-state index in [-0.39, 0.29) is 0 Å². The molecule has 0 unspecified atom stereocenters. The number of hydrogen-bond acceptors (Lipinski definition) is 6. The number of thioether (sulfide) groups is 1. The molecule has 0 aliphatic rings. The van der Waals surface area contributed by atoms with Gasteiger partial charge in [0.15, 0.2) is 0 Å². The van der Waals surface area contributed by atoms with E-state index in [1.54, 1.807) is 36.0 Å². The molecular weight excluding hydrogens is 358 g/mol. The van der Waals surface area contributed by atoms with Crippen LogP contribution in [0.1, 0.15) is 10.4 Å². The average Bonchev–Trinajstić information content (AvgIpc) is 2.70. The summed E-state index contributed by atoms with van der Waals surface area (Å²) >= 11 is 1.67. The van der Waals surface area contributed by atoms with Gasteiger partial charge in [-0.2, -0.15) is 0 Å². The molecule has 0 aliphatic carbocycles. The van der Waals surface area contributed by atoms with Crippen molar-refractivity contribution in [2.75, 3.05) is 30.6 Å². The molecule has 6 N–H and O–H groups in total. The second kappa shape index (κ2) is 12.3. The Labute approximate surface area is 164 Å². The molecule has 6 heteroatoms. The molecule has 3 aromatic carbocycles. The van der Waals surface area contributed by atoms with E-state index < -0.39 is 5.97 Å². The van der Waals surface area contributed by atoms with Crippen molar-refractivity contribution in [3.63, 3.8) is 0 Å². The molecule has 0 heterocycles. The lowest BCUT2D eigenvalue weighted by Crippen LogP contribution is -2.04. The maximum absolute atomic E-state index is 10.9. The number of carbonyl (C=O) groups excluding carboxylic acids is 1. The minimum atomic E-state index is -0.400. The highest BCUT2D eigenvalue weighted by Crippen LogP contribution is 2.20. The molecule has 3 rings (SSSR count). The van der Waals surface area contributed by atoms with Gasteiger partial charge < -0.3 is 21.9 Å². The third-order valence-corrected chi connectivity index (χ3v) is 4.12. The zero-order valence-electron chi connectivity index (χ0n) is 15.5. The van der Waals surface area contributed by atoms with E-state index in [0.29, 0.717) is 11.3 Å². The van der Waals surface area contributed by atoms with Crippen LogP contribution in [0.5, 0.6) is 0 Å². The summed E-state index contributed by atoms with van der Waals surface area (Å²) in [6.07, 6.45) is 2.02. The van der Waals surface area contributed by atoms with Crippen molar-refractivity contribution in [3.05, 3.63) is 84.4 Å². The lowest BCUT2D eigenvalue weighted by Gasteiger charge is -2.00. The molecule has 0 atom stereocenters. The summed E-state index contributed by atoms with van der Waals surface area (Å²) in [7, 11) is 1.33. The number of methoxy groups -OCH3 is 1. The Hall–Kier alpha value is -3.12. The first-order valence-corrected chi connectivity index (χ1v) is 9.34. The predicted octanol–water partition coefficient (Wildman–Crippen LogP) is 4.31. The number of carbonyl (C=O) groups is 1. The summed E-state index contributed by atoms with van der Waals surface area (Å²) in [6, 6.07) is 24.1. The van der Waals surface area contributed by atoms with Crippen molar-refractivity contribution in [1.29, 1.82) is 0 Å². The van der Waals surface area contributed by atoms with E-state index in [2.05, 4.69) is 4.74 Å². The topological polar surface area (TPSA) is 104 Å². The van der Waals surface area contributed by atoms with Crippen molar-refractivity contribution < 1.29 is 9.53 Å². The minimum absolute atomic E-state index is 0.400. The number of rotatable bonds is 2. The number of nitrogen functional groups attached to an aromatic ring is 3. The molecule has 142 valence electrons. The van der Waals surface area contributed by atoms with Gasteiger partial charge in [-0.25, -0.2) is 4.79 Å². The number of hydrogen-bond donors (Lipinski definition) is 3. The van der Waals surface area contributed by atoms with Crippen LogP contribution >= 0.6 is 11.8 Å². The van der Waals surface area contributed by atoms with Crippen LogP contribution in [0, 0.1) is 0 Å². The van der Waals surface area contributed by atoms with E-state index in [9.17, 15) is 4.79 Å². The monoisotopic (exact) mass is 383 g/mol. The highest BCUT2D eigenvalue weighted by atomic mass is 32.2. The standard InChI is InChI=1S/C8H9NO2.C7H9NS.C6H7N/c1-11-8(10)6-4-2-3-5-7(6)9;1-9-7-5-3-2-4-6(7)8;7-6-4-2-1-3-5-6/h2-5H,9H2,1H3;2-5H,8H2,1H3;1-5H,7H2. The fraction of sp³-hybridized carbons (Fsp3) is 0.0952. The zero-order chi connectivity index (χ0) is 20.1. The van der Waals surface area contributed by atoms with Crippen LogP contribution in [0.4, 0.5) is 17.1 Å². The quantitative estimate of drug-likeness (QED) is 0.346. The van der Waals surface area contributed by atoms with E-state index in [1.807, 2.05) is 60.9 Å². The molecule has 0 aliphatic heterocycles. The van der Waals surface area contributed by atoms with Crippen LogP contribution < -0.4 is 17.2 Å². The number of benzene rings is 3. The highest BCUT2D eigenvalue weighted by molar-refractivity contribution is 7.98. The molecular formula is C21H25N3O2S. The van der Waals surface area contributed by atoms with Gasteiger partial charge in [0.1, 0.15) is 0 Å². The predicted molar refractivity (Wildman–Crippen MR) is 116 cm³/mol. The Morgan fingerprint density at radius 1 is 0.778 bits per heavy atom. The highest BCUT2D eigenvalue weighted by Gasteiger charge is 2.06. The minimum Gasteiger partial charge on any atom is -0.465 e. The molecule has 0 fully saturated rings. The van der Waals surface area contributed by atoms with Gasteiger partial charge in [-0.05, 0) is 42.7 Å². The number of anilines is 3. The van der Waals surface area contributed by atoms with Crippen LogP contribution in [0.2, 0.25) is 0 Å². The van der Waals surface area contributed by atoms with E-state index >= 15 is 0 Å². The Balaban J connectivity index is 0.000000208. The van der Waals surface area contributed by atoms with Crippen LogP contribution in [0.15, 0.2) is 83.8 Å². The van der Waals surface area contributed by atoms with Crippen LogP contribution in [0.25, 0.3) is 0 Å². The van der Waals surface area contributed by atoms with Crippen molar-refractivity contribution >= 4 is 34.8 Å². The fourth-order valence-corrected chi connectivity index (χ4v) is 2.43. The zero-order valence-corrected chi connectivity index (χ0v) is 16.3. The molecule has 0 spiro atoms. The van der Waals surface area contributed by atoms with E-state index in [4.69, 9.17) is 17.2 Å². The molecule has 3 aromatic rings. The maximum atomic E-state index is 10.9. The molecule has 5 nitrogen and oxygen atoms in total. The summed E-state index contributed by atoms with van der Waals surface area (Å²) < 4.78 is 4.50. The summed E-state index contributed by atoms with van der Waals surface area (Å²) in [5.41, 5.74) is 19.0. The van der Waals surface area contributed by atoms with Gasteiger partial charge in [-0.1, -0.05) is 42.5 Å². The van der Waals surface area contributed by atoms with Gasteiger partial charge in [-0.3, -0.25) is 0 Å². The first-order chi connectivity index (χ1) is 13.0. The summed E-state index contributed by atoms with van der Waals surface area (Å²) in [6.45, 7) is 0. The lowest BCUT2D eigenvalue weighted by molar-refractivity contribution is 0.0602.